The molecule has 2 heterocycles. The van der Waals surface area contributed by atoms with Crippen LogP contribution in [0.25, 0.3) is 0 Å². The third kappa shape index (κ3) is 2.90. The zero-order valence-corrected chi connectivity index (χ0v) is 10.6. The minimum atomic E-state index is -0.128. The van der Waals surface area contributed by atoms with E-state index in [9.17, 15) is 0 Å². The number of ether oxygens (including phenoxy) is 1. The van der Waals surface area contributed by atoms with Gasteiger partial charge in [-0.3, -0.25) is 0 Å². The quantitative estimate of drug-likeness (QED) is 0.333. The minimum Gasteiger partial charge on any atom is -0.409 e. The van der Waals surface area contributed by atoms with Crippen molar-refractivity contribution in [3.05, 3.63) is 0 Å². The lowest BCUT2D eigenvalue weighted by molar-refractivity contribution is 0.127. The fourth-order valence-corrected chi connectivity index (χ4v) is 2.70. The Kier molecular flexibility index (Phi) is 3.89. The number of nitrogens with zero attached hydrogens (tertiary/aromatic N) is 2. The fraction of sp³-hybridized carbons (Fsp3) is 0.917. The Balaban J connectivity index is 1.81. The molecule has 0 spiro atoms. The van der Waals surface area contributed by atoms with Crippen molar-refractivity contribution >= 4 is 5.84 Å². The number of oxime groups is 1. The molecule has 0 aromatic rings. The van der Waals surface area contributed by atoms with E-state index in [0.717, 1.165) is 45.7 Å². The predicted molar refractivity (Wildman–Crippen MR) is 66.1 cm³/mol. The summed E-state index contributed by atoms with van der Waals surface area (Å²) in [6, 6.07) is 0. The Hall–Kier alpha value is -0.810. The van der Waals surface area contributed by atoms with Crippen molar-refractivity contribution in [2.75, 3.05) is 32.8 Å². The van der Waals surface area contributed by atoms with Crippen molar-refractivity contribution in [2.24, 2.45) is 22.2 Å². The molecular formula is C12H23N3O2. The van der Waals surface area contributed by atoms with E-state index in [0.29, 0.717) is 11.8 Å². The molecule has 17 heavy (non-hydrogen) atoms. The van der Waals surface area contributed by atoms with Crippen LogP contribution in [0.15, 0.2) is 5.16 Å². The molecule has 5 heteroatoms. The van der Waals surface area contributed by atoms with Crippen molar-refractivity contribution in [3.63, 3.8) is 0 Å². The molecule has 0 amide bonds. The predicted octanol–water partition coefficient (Wildman–Crippen LogP) is 0.871. The molecule has 2 aliphatic rings. The molecule has 0 bridgehead atoms. The van der Waals surface area contributed by atoms with Crippen LogP contribution in [0.1, 0.15) is 26.2 Å². The van der Waals surface area contributed by atoms with Crippen LogP contribution in [0.5, 0.6) is 0 Å². The molecule has 0 saturated carbocycles. The van der Waals surface area contributed by atoms with Crippen LogP contribution in [0.3, 0.4) is 0 Å². The molecule has 1 atom stereocenters. The summed E-state index contributed by atoms with van der Waals surface area (Å²) in [4.78, 5) is 2.48. The van der Waals surface area contributed by atoms with Crippen LogP contribution in [-0.4, -0.2) is 48.8 Å². The van der Waals surface area contributed by atoms with E-state index < -0.39 is 0 Å². The van der Waals surface area contributed by atoms with Crippen LogP contribution in [0.4, 0.5) is 0 Å². The van der Waals surface area contributed by atoms with Crippen molar-refractivity contribution in [1.82, 2.24) is 4.90 Å². The summed E-state index contributed by atoms with van der Waals surface area (Å²) in [6.07, 6.45) is 3.13. The van der Waals surface area contributed by atoms with Gasteiger partial charge in [0.1, 0.15) is 5.84 Å². The molecule has 0 aromatic carbocycles. The highest BCUT2D eigenvalue weighted by atomic mass is 16.5. The number of nitrogens with two attached hydrogens (primary N) is 1. The summed E-state index contributed by atoms with van der Waals surface area (Å²) in [7, 11) is 0. The largest absolute Gasteiger partial charge is 0.409 e. The van der Waals surface area contributed by atoms with E-state index in [2.05, 4.69) is 17.0 Å². The third-order valence-corrected chi connectivity index (χ3v) is 4.23. The van der Waals surface area contributed by atoms with Gasteiger partial charge < -0.3 is 20.6 Å². The lowest BCUT2D eigenvalue weighted by Crippen LogP contribution is -2.46. The molecule has 2 fully saturated rings. The lowest BCUT2D eigenvalue weighted by atomic mass is 9.79. The average Bonchev–Trinajstić information content (AvgIpc) is 2.84. The number of rotatable bonds is 3. The number of amidine groups is 1. The monoisotopic (exact) mass is 241 g/mol. The second kappa shape index (κ2) is 5.23. The summed E-state index contributed by atoms with van der Waals surface area (Å²) >= 11 is 0. The van der Waals surface area contributed by atoms with E-state index in [1.54, 1.807) is 0 Å². The molecule has 1 unspecified atom stereocenters. The third-order valence-electron chi connectivity index (χ3n) is 4.23. The van der Waals surface area contributed by atoms with Gasteiger partial charge in [-0.2, -0.15) is 0 Å². The van der Waals surface area contributed by atoms with Gasteiger partial charge in [-0.1, -0.05) is 12.1 Å². The Morgan fingerprint density at radius 2 is 2.24 bits per heavy atom. The molecule has 0 aliphatic carbocycles. The smallest absolute Gasteiger partial charge is 0.145 e. The maximum Gasteiger partial charge on any atom is 0.145 e. The SMILES string of the molecule is CC1(C(N)=NO)CCN(CC2CCOC2)CC1. The molecular weight excluding hydrogens is 218 g/mol. The van der Waals surface area contributed by atoms with Crippen molar-refractivity contribution in [2.45, 2.75) is 26.2 Å². The maximum absolute atomic E-state index is 8.78. The molecule has 2 aliphatic heterocycles. The van der Waals surface area contributed by atoms with Crippen LogP contribution >= 0.6 is 0 Å². The van der Waals surface area contributed by atoms with Crippen LogP contribution in [0.2, 0.25) is 0 Å². The van der Waals surface area contributed by atoms with Gasteiger partial charge in [-0.15, -0.1) is 0 Å². The molecule has 5 nitrogen and oxygen atoms in total. The van der Waals surface area contributed by atoms with Crippen LogP contribution in [0, 0.1) is 11.3 Å². The lowest BCUT2D eigenvalue weighted by Gasteiger charge is -2.39. The zero-order chi connectivity index (χ0) is 12.3. The van der Waals surface area contributed by atoms with E-state index in [-0.39, 0.29) is 5.41 Å². The van der Waals surface area contributed by atoms with Gasteiger partial charge >= 0.3 is 0 Å². The average molecular weight is 241 g/mol. The first-order chi connectivity index (χ1) is 8.14. The Morgan fingerprint density at radius 1 is 1.53 bits per heavy atom. The highest BCUT2D eigenvalue weighted by molar-refractivity contribution is 5.85. The molecule has 2 saturated heterocycles. The summed E-state index contributed by atoms with van der Waals surface area (Å²) in [5, 5.41) is 11.9. The Labute approximate surface area is 103 Å². The standard InChI is InChI=1S/C12H23N3O2/c1-12(11(13)14-16)3-5-15(6-4-12)8-10-2-7-17-9-10/h10,16H,2-9H2,1H3,(H2,13,14). The minimum absolute atomic E-state index is 0.128. The summed E-state index contributed by atoms with van der Waals surface area (Å²) < 4.78 is 5.40. The first kappa shape index (κ1) is 12.6. The number of piperidine rings is 1. The summed E-state index contributed by atoms with van der Waals surface area (Å²) in [6.45, 7) is 7.10. The van der Waals surface area contributed by atoms with Crippen LogP contribution in [-0.2, 0) is 4.74 Å². The van der Waals surface area contributed by atoms with Crippen molar-refractivity contribution in [1.29, 1.82) is 0 Å². The summed E-state index contributed by atoms with van der Waals surface area (Å²) in [5.74, 6) is 1.07. The number of likely N-dealkylation sites (tertiary alicyclic amines) is 1. The van der Waals surface area contributed by atoms with Gasteiger partial charge in [0.2, 0.25) is 0 Å². The van der Waals surface area contributed by atoms with Gasteiger partial charge in [0.05, 0.1) is 6.61 Å². The van der Waals surface area contributed by atoms with Crippen molar-refractivity contribution in [3.8, 4) is 0 Å². The molecule has 0 aromatic heterocycles. The van der Waals surface area contributed by atoms with E-state index in [1.165, 1.54) is 6.42 Å². The molecule has 98 valence electrons. The summed E-state index contributed by atoms with van der Waals surface area (Å²) in [5.41, 5.74) is 5.62. The van der Waals surface area contributed by atoms with E-state index in [1.807, 2.05) is 0 Å². The number of hydrogen-bond acceptors (Lipinski definition) is 4. The van der Waals surface area contributed by atoms with Crippen LogP contribution < -0.4 is 5.73 Å². The van der Waals surface area contributed by atoms with E-state index in [4.69, 9.17) is 15.7 Å². The first-order valence-corrected chi connectivity index (χ1v) is 6.42. The first-order valence-electron chi connectivity index (χ1n) is 6.42. The van der Waals surface area contributed by atoms with Gasteiger partial charge in [-0.25, -0.2) is 0 Å². The van der Waals surface area contributed by atoms with E-state index >= 15 is 0 Å². The Bertz CT molecular complexity index is 279. The molecule has 2 rings (SSSR count). The highest BCUT2D eigenvalue weighted by Gasteiger charge is 2.34. The van der Waals surface area contributed by atoms with Gasteiger partial charge in [0, 0.05) is 18.6 Å². The number of hydrogen-bond donors (Lipinski definition) is 2. The highest BCUT2D eigenvalue weighted by Crippen LogP contribution is 2.31. The zero-order valence-electron chi connectivity index (χ0n) is 10.6. The van der Waals surface area contributed by atoms with Crippen molar-refractivity contribution < 1.29 is 9.94 Å². The van der Waals surface area contributed by atoms with Gasteiger partial charge in [0.15, 0.2) is 0 Å². The van der Waals surface area contributed by atoms with Gasteiger partial charge in [0.25, 0.3) is 0 Å². The second-order valence-electron chi connectivity index (χ2n) is 5.58. The molecule has 0 radical (unpaired) electrons. The topological polar surface area (TPSA) is 71.1 Å². The molecule has 3 N–H and O–H groups in total. The maximum atomic E-state index is 8.78. The Morgan fingerprint density at radius 3 is 2.76 bits per heavy atom. The normalized spacial score (nSPS) is 30.6. The van der Waals surface area contributed by atoms with Gasteiger partial charge in [-0.05, 0) is 38.3 Å². The second-order valence-corrected chi connectivity index (χ2v) is 5.58. The fourth-order valence-electron chi connectivity index (χ4n) is 2.70.